The predicted octanol–water partition coefficient (Wildman–Crippen LogP) is 5.42. The van der Waals surface area contributed by atoms with Crippen molar-refractivity contribution in [3.8, 4) is 0 Å². The summed E-state index contributed by atoms with van der Waals surface area (Å²) in [6.45, 7) is 1.94. The Kier molecular flexibility index (Phi) is 7.93. The maximum Gasteiger partial charge on any atom is 0.272 e. The highest BCUT2D eigenvalue weighted by Crippen LogP contribution is 2.34. The molecule has 0 spiro atoms. The molecule has 4 amide bonds. The maximum absolute atomic E-state index is 13.1. The van der Waals surface area contributed by atoms with Gasteiger partial charge in [0.2, 0.25) is 11.8 Å². The lowest BCUT2D eigenvalue weighted by atomic mass is 10.2. The van der Waals surface area contributed by atoms with E-state index in [0.29, 0.717) is 22.7 Å². The predicted molar refractivity (Wildman–Crippen MR) is 154 cm³/mol. The molecule has 0 bridgehead atoms. The first-order valence-corrected chi connectivity index (χ1v) is 13.4. The Morgan fingerprint density at radius 3 is 2.33 bits per heavy atom. The van der Waals surface area contributed by atoms with Crippen molar-refractivity contribution in [3.05, 3.63) is 120 Å². The second kappa shape index (κ2) is 11.9. The number of carbonyl (C=O) groups excluding carboxylic acids is 4. The number of aryl methyl sites for hydroxylation is 1. The highest BCUT2D eigenvalue weighted by Gasteiger charge is 2.40. The van der Waals surface area contributed by atoms with Crippen molar-refractivity contribution < 1.29 is 23.6 Å². The third-order valence-electron chi connectivity index (χ3n) is 6.15. The van der Waals surface area contributed by atoms with E-state index in [2.05, 4.69) is 10.6 Å². The second-order valence-electron chi connectivity index (χ2n) is 9.09. The van der Waals surface area contributed by atoms with E-state index < -0.39 is 17.1 Å². The minimum atomic E-state index is -0.537. The van der Waals surface area contributed by atoms with Crippen LogP contribution in [0, 0.1) is 6.92 Å². The van der Waals surface area contributed by atoms with Gasteiger partial charge in [-0.3, -0.25) is 19.2 Å². The van der Waals surface area contributed by atoms with E-state index in [1.807, 2.05) is 19.1 Å². The first-order chi connectivity index (χ1) is 19.4. The van der Waals surface area contributed by atoms with Gasteiger partial charge in [0.25, 0.3) is 11.8 Å². The summed E-state index contributed by atoms with van der Waals surface area (Å²) in [5.74, 6) is -1.05. The number of amides is 4. The quantitative estimate of drug-likeness (QED) is 0.224. The highest BCUT2D eigenvalue weighted by atomic mass is 32.2. The molecule has 1 fully saturated rings. The summed E-state index contributed by atoms with van der Waals surface area (Å²) < 4.78 is 5.32. The van der Waals surface area contributed by atoms with Crippen LogP contribution in [0.3, 0.4) is 0 Å². The van der Waals surface area contributed by atoms with Gasteiger partial charge in [-0.2, -0.15) is 0 Å². The van der Waals surface area contributed by atoms with Gasteiger partial charge in [0, 0.05) is 28.6 Å². The molecule has 1 unspecified atom stereocenters. The van der Waals surface area contributed by atoms with Crippen LogP contribution in [0.25, 0.3) is 6.08 Å². The molecule has 1 aliphatic rings. The summed E-state index contributed by atoms with van der Waals surface area (Å²) in [6.07, 6.45) is 3.03. The standard InChI is InChI=1S/C31H25N3O5S/c1-20-9-13-23(14-10-20)34-28(35)19-27(31(34)38)40-25-15-11-22(12-16-25)32-30(37)26(18-24-8-5-17-39-24)33-29(36)21-6-3-2-4-7-21/h2-18,27H,19H2,1H3,(H,32,37)(H,33,36)/b26-18-. The minimum absolute atomic E-state index is 0.00789. The molecule has 2 N–H and O–H groups in total. The van der Waals surface area contributed by atoms with Gasteiger partial charge in [-0.15, -0.1) is 11.8 Å². The summed E-state index contributed by atoms with van der Waals surface area (Å²) in [4.78, 5) is 53.4. The molecule has 3 aromatic carbocycles. The van der Waals surface area contributed by atoms with Crippen molar-refractivity contribution in [1.82, 2.24) is 5.32 Å². The van der Waals surface area contributed by atoms with Crippen LogP contribution in [0.2, 0.25) is 0 Å². The fraction of sp³-hybridized carbons (Fsp3) is 0.0968. The molecular formula is C31H25N3O5S. The van der Waals surface area contributed by atoms with Crippen molar-refractivity contribution >= 4 is 52.8 Å². The van der Waals surface area contributed by atoms with Gasteiger partial charge < -0.3 is 15.1 Å². The van der Waals surface area contributed by atoms with Crippen LogP contribution >= 0.6 is 11.8 Å². The van der Waals surface area contributed by atoms with Crippen LogP contribution in [-0.4, -0.2) is 28.9 Å². The Labute approximate surface area is 235 Å². The van der Waals surface area contributed by atoms with E-state index in [-0.39, 0.29) is 23.9 Å². The van der Waals surface area contributed by atoms with Crippen LogP contribution in [0.5, 0.6) is 0 Å². The van der Waals surface area contributed by atoms with Gasteiger partial charge in [-0.05, 0) is 67.6 Å². The third kappa shape index (κ3) is 6.22. The molecule has 5 rings (SSSR count). The first kappa shape index (κ1) is 26.7. The summed E-state index contributed by atoms with van der Waals surface area (Å²) in [7, 11) is 0. The topological polar surface area (TPSA) is 109 Å². The van der Waals surface area contributed by atoms with Crippen molar-refractivity contribution in [2.45, 2.75) is 23.5 Å². The summed E-state index contributed by atoms with van der Waals surface area (Å²) in [5.41, 5.74) is 2.52. The molecule has 1 atom stereocenters. The van der Waals surface area contributed by atoms with Crippen LogP contribution < -0.4 is 15.5 Å². The number of hydrogen-bond acceptors (Lipinski definition) is 6. The second-order valence-corrected chi connectivity index (χ2v) is 10.4. The van der Waals surface area contributed by atoms with Crippen molar-refractivity contribution in [2.24, 2.45) is 0 Å². The van der Waals surface area contributed by atoms with Gasteiger partial charge >= 0.3 is 0 Å². The fourth-order valence-corrected chi connectivity index (χ4v) is 5.15. The lowest BCUT2D eigenvalue weighted by Gasteiger charge is -2.15. The smallest absolute Gasteiger partial charge is 0.272 e. The first-order valence-electron chi connectivity index (χ1n) is 12.5. The number of hydrogen-bond donors (Lipinski definition) is 2. The number of carbonyl (C=O) groups is 4. The summed E-state index contributed by atoms with van der Waals surface area (Å²) in [6, 6.07) is 26.1. The van der Waals surface area contributed by atoms with Crippen molar-refractivity contribution in [3.63, 3.8) is 0 Å². The number of imide groups is 1. The number of benzene rings is 3. The number of nitrogens with one attached hydrogen (secondary N) is 2. The number of anilines is 2. The Bertz CT molecular complexity index is 1560. The van der Waals surface area contributed by atoms with Crippen LogP contribution in [0.15, 0.2) is 112 Å². The molecule has 4 aromatic rings. The zero-order chi connectivity index (χ0) is 28.1. The van der Waals surface area contributed by atoms with E-state index in [1.54, 1.807) is 78.9 Å². The number of nitrogens with zero attached hydrogens (tertiary/aromatic N) is 1. The number of rotatable bonds is 8. The van der Waals surface area contributed by atoms with E-state index in [1.165, 1.54) is 29.0 Å². The van der Waals surface area contributed by atoms with E-state index in [9.17, 15) is 19.2 Å². The lowest BCUT2D eigenvalue weighted by Crippen LogP contribution is -2.31. The molecular weight excluding hydrogens is 526 g/mol. The fourth-order valence-electron chi connectivity index (χ4n) is 4.10. The molecule has 200 valence electrons. The van der Waals surface area contributed by atoms with Crippen LogP contribution in [0.4, 0.5) is 11.4 Å². The highest BCUT2D eigenvalue weighted by molar-refractivity contribution is 8.00. The molecule has 0 radical (unpaired) electrons. The summed E-state index contributed by atoms with van der Waals surface area (Å²) in [5, 5.41) is 4.89. The normalized spacial score (nSPS) is 15.3. The van der Waals surface area contributed by atoms with Gasteiger partial charge in [0.1, 0.15) is 11.5 Å². The molecule has 0 saturated carbocycles. The molecule has 1 aromatic heterocycles. The Morgan fingerprint density at radius 2 is 1.65 bits per heavy atom. The largest absolute Gasteiger partial charge is 0.465 e. The zero-order valence-corrected chi connectivity index (χ0v) is 22.3. The average Bonchev–Trinajstić information content (AvgIpc) is 3.57. The monoisotopic (exact) mass is 551 g/mol. The summed E-state index contributed by atoms with van der Waals surface area (Å²) >= 11 is 1.30. The van der Waals surface area contributed by atoms with Gasteiger partial charge in [-0.25, -0.2) is 4.90 Å². The molecule has 40 heavy (non-hydrogen) atoms. The lowest BCUT2D eigenvalue weighted by molar-refractivity contribution is -0.121. The Hall–Kier alpha value is -4.89. The van der Waals surface area contributed by atoms with Gasteiger partial charge in [0.15, 0.2) is 0 Å². The van der Waals surface area contributed by atoms with Crippen LogP contribution in [-0.2, 0) is 14.4 Å². The molecule has 0 aliphatic carbocycles. The van der Waals surface area contributed by atoms with E-state index in [0.717, 1.165) is 10.5 Å². The SMILES string of the molecule is Cc1ccc(N2C(=O)CC(Sc3ccc(NC(=O)/C(=C/c4ccco4)NC(=O)c4ccccc4)cc3)C2=O)cc1. The molecule has 9 heteroatoms. The number of thioether (sulfide) groups is 1. The molecule has 8 nitrogen and oxygen atoms in total. The van der Waals surface area contributed by atoms with Crippen molar-refractivity contribution in [2.75, 3.05) is 10.2 Å². The number of furan rings is 1. The maximum atomic E-state index is 13.1. The molecule has 2 heterocycles. The van der Waals surface area contributed by atoms with E-state index >= 15 is 0 Å². The zero-order valence-electron chi connectivity index (χ0n) is 21.5. The Balaban J connectivity index is 1.25. The van der Waals surface area contributed by atoms with Crippen LogP contribution in [0.1, 0.15) is 28.1 Å². The average molecular weight is 552 g/mol. The van der Waals surface area contributed by atoms with Gasteiger partial charge in [0.05, 0.1) is 17.2 Å². The molecule has 1 saturated heterocycles. The third-order valence-corrected chi connectivity index (χ3v) is 7.34. The van der Waals surface area contributed by atoms with Crippen molar-refractivity contribution in [1.29, 1.82) is 0 Å². The van der Waals surface area contributed by atoms with Gasteiger partial charge in [-0.1, -0.05) is 35.9 Å². The molecule has 1 aliphatic heterocycles. The van der Waals surface area contributed by atoms with E-state index in [4.69, 9.17) is 4.42 Å². The Morgan fingerprint density at radius 1 is 0.925 bits per heavy atom. The minimum Gasteiger partial charge on any atom is -0.465 e.